The van der Waals surface area contributed by atoms with Crippen molar-refractivity contribution in [2.75, 3.05) is 0 Å². The molecule has 0 rings (SSSR count). The second kappa shape index (κ2) is 4.20. The van der Waals surface area contributed by atoms with Crippen molar-refractivity contribution in [2.45, 2.75) is 0 Å². The molecule has 0 aromatic rings. The molecule has 0 aromatic heterocycles. The van der Waals surface area contributed by atoms with Gasteiger partial charge >= 0.3 is 0 Å². The molecule has 0 aliphatic heterocycles. The predicted octanol–water partition coefficient (Wildman–Crippen LogP) is -0.705. The van der Waals surface area contributed by atoms with Gasteiger partial charge in [-0.05, 0) is 0 Å². The first-order valence-corrected chi connectivity index (χ1v) is 2.87. The molecule has 0 amide bonds. The molecule has 0 heterocycles. The Morgan fingerprint density at radius 3 is 1.00 bits per heavy atom. The molecule has 0 aliphatic rings. The molecule has 0 unspecified atom stereocenters. The number of hydrogen-bond donors (Lipinski definition) is 5. The van der Waals surface area contributed by atoms with Crippen LogP contribution in [-0.2, 0) is 4.57 Å². The van der Waals surface area contributed by atoms with Crippen molar-refractivity contribution in [3.8, 4) is 0 Å². The van der Waals surface area contributed by atoms with Gasteiger partial charge in [-0.3, -0.25) is 21.1 Å². The Labute approximate surface area is 42.1 Å². The Morgan fingerprint density at radius 1 is 1.00 bits per heavy atom. The van der Waals surface area contributed by atoms with Crippen LogP contribution in [0.3, 0.4) is 0 Å². The summed E-state index contributed by atoms with van der Waals surface area (Å²) < 4.78 is 9.55. The number of rotatable bonds is 0. The van der Waals surface area contributed by atoms with E-state index < -0.39 is 7.59 Å². The fourth-order valence-electron chi connectivity index (χ4n) is 0. The highest BCUT2D eigenvalue weighted by Gasteiger charge is 1.90. The highest BCUT2D eigenvalue weighted by Crippen LogP contribution is 2.06. The van der Waals surface area contributed by atoms with Crippen LogP contribution < -0.4 is 28.8 Å². The summed E-state index contributed by atoms with van der Waals surface area (Å²) in [6, 6.07) is 0. The smallest absolute Gasteiger partial charge is 0.271 e. The van der Waals surface area contributed by atoms with Gasteiger partial charge in [0.1, 0.15) is 0 Å². The number of nitrogens with two attached hydrogens (primary N) is 3. The summed E-state index contributed by atoms with van der Waals surface area (Å²) in [5.74, 6) is 0. The molecule has 0 aliphatic carbocycles. The van der Waals surface area contributed by atoms with Crippen LogP contribution in [0.4, 0.5) is 0 Å². The fraction of sp³-hybridized carbons (Fsp3) is 0. The van der Waals surface area contributed by atoms with Gasteiger partial charge < -0.3 is 12.3 Å². The van der Waals surface area contributed by atoms with Crippen LogP contribution in [0.25, 0.3) is 0 Å². The van der Waals surface area contributed by atoms with Crippen molar-refractivity contribution in [3.05, 3.63) is 0 Å². The van der Waals surface area contributed by atoms with E-state index in [-0.39, 0.29) is 12.3 Å². The largest absolute Gasteiger partial charge is 0.344 e. The van der Waals surface area contributed by atoms with Crippen molar-refractivity contribution < 1.29 is 4.57 Å². The first-order valence-electron chi connectivity index (χ1n) is 0.957. The maximum absolute atomic E-state index is 9.55. The van der Waals surface area contributed by atoms with Gasteiger partial charge in [0.25, 0.3) is 7.59 Å². The average molecular weight is 129 g/mol. The lowest BCUT2D eigenvalue weighted by Crippen LogP contribution is -2.12. The molecule has 7 heavy (non-hydrogen) atoms. The predicted molar refractivity (Wildman–Crippen MR) is 30.2 cm³/mol. The third-order valence-corrected chi connectivity index (χ3v) is 0. The summed E-state index contributed by atoms with van der Waals surface area (Å²) in [5, 5.41) is 0. The van der Waals surface area contributed by atoms with Crippen molar-refractivity contribution in [1.82, 2.24) is 12.3 Å². The molecule has 12 N–H and O–H groups in total. The Morgan fingerprint density at radius 2 is 1.00 bits per heavy atom. The summed E-state index contributed by atoms with van der Waals surface area (Å²) in [7, 11) is -3.14. The third kappa shape index (κ3) is 109000. The van der Waals surface area contributed by atoms with E-state index >= 15 is 0 Å². The molecule has 0 radical (unpaired) electrons. The maximum Gasteiger partial charge on any atom is 0.271 e. The second-order valence-corrected chi connectivity index (χ2v) is 2.29. The molecule has 6 nitrogen and oxygen atoms in total. The minimum absolute atomic E-state index is 0. The molecule has 0 bridgehead atoms. The Bertz CT molecular complexity index is 54.2. The minimum atomic E-state index is -3.14. The van der Waals surface area contributed by atoms with Gasteiger partial charge in [0.15, 0.2) is 0 Å². The first kappa shape index (κ1) is 15.7. The van der Waals surface area contributed by atoms with Crippen LogP contribution in [0.2, 0.25) is 0 Å². The van der Waals surface area contributed by atoms with Crippen molar-refractivity contribution in [3.63, 3.8) is 0 Å². The average Bonchev–Trinajstić information content (AvgIpc) is 0.722. The van der Waals surface area contributed by atoms with E-state index in [1.165, 1.54) is 0 Å². The normalized spacial score (nSPS) is 8.43. The second-order valence-electron chi connectivity index (χ2n) is 0.763. The van der Waals surface area contributed by atoms with E-state index in [1.54, 1.807) is 0 Å². The lowest BCUT2D eigenvalue weighted by molar-refractivity contribution is 0.577. The third-order valence-electron chi connectivity index (χ3n) is 0. The summed E-state index contributed by atoms with van der Waals surface area (Å²) >= 11 is 0. The highest BCUT2D eigenvalue weighted by atomic mass is 31.2. The Hall–Kier alpha value is 0.0300. The van der Waals surface area contributed by atoms with Crippen LogP contribution in [0.1, 0.15) is 0 Å². The van der Waals surface area contributed by atoms with Crippen LogP contribution in [0.5, 0.6) is 0 Å². The topological polar surface area (TPSA) is 165 Å². The highest BCUT2D eigenvalue weighted by molar-refractivity contribution is 7.56. The Balaban J connectivity index is -0.0000000800. The van der Waals surface area contributed by atoms with Gasteiger partial charge in [0, 0.05) is 0 Å². The van der Waals surface area contributed by atoms with Gasteiger partial charge in [0.05, 0.1) is 0 Å². The lowest BCUT2D eigenvalue weighted by atomic mass is 13.8. The van der Waals surface area contributed by atoms with Gasteiger partial charge in [-0.2, -0.15) is 0 Å². The van der Waals surface area contributed by atoms with E-state index in [2.05, 4.69) is 16.5 Å². The van der Waals surface area contributed by atoms with Crippen LogP contribution in [-0.4, -0.2) is 0 Å². The van der Waals surface area contributed by atoms with Gasteiger partial charge in [-0.15, -0.1) is 0 Å². The molecule has 0 aromatic carbocycles. The van der Waals surface area contributed by atoms with Crippen LogP contribution in [0, 0.1) is 0 Å². The van der Waals surface area contributed by atoms with Crippen molar-refractivity contribution >= 4 is 7.59 Å². The molecule has 0 saturated heterocycles. The minimum Gasteiger partial charge on any atom is -0.344 e. The fourth-order valence-corrected chi connectivity index (χ4v) is 0. The molecule has 0 saturated carbocycles. The van der Waals surface area contributed by atoms with E-state index in [1.807, 2.05) is 0 Å². The maximum atomic E-state index is 9.55. The Kier molecular flexibility index (Phi) is 9.43. The van der Waals surface area contributed by atoms with Crippen LogP contribution >= 0.6 is 7.59 Å². The lowest BCUT2D eigenvalue weighted by Gasteiger charge is -1.88. The summed E-state index contributed by atoms with van der Waals surface area (Å²) in [5.41, 5.74) is 13.4. The standard InChI is InChI=1S/H6N3OP.2H3N/c1-5(2,3)4;;/h(H6,1,2,3,4);2*1H3. The summed E-state index contributed by atoms with van der Waals surface area (Å²) in [4.78, 5) is 0. The first-order chi connectivity index (χ1) is 2.00. The zero-order valence-corrected chi connectivity index (χ0v) is 4.90. The molecular formula is H12N5OP. The zero-order chi connectivity index (χ0) is 4.50. The summed E-state index contributed by atoms with van der Waals surface area (Å²) in [6.07, 6.45) is 0. The molecule has 48 valence electrons. The SMILES string of the molecule is N.N.NP(N)(N)=O. The van der Waals surface area contributed by atoms with E-state index in [9.17, 15) is 4.57 Å². The molecule has 0 spiro atoms. The van der Waals surface area contributed by atoms with Gasteiger partial charge in [-0.25, -0.2) is 0 Å². The molecule has 0 atom stereocenters. The summed E-state index contributed by atoms with van der Waals surface area (Å²) in [6.45, 7) is 0. The van der Waals surface area contributed by atoms with Crippen molar-refractivity contribution in [1.29, 1.82) is 0 Å². The van der Waals surface area contributed by atoms with E-state index in [0.29, 0.717) is 0 Å². The van der Waals surface area contributed by atoms with Crippen LogP contribution in [0.15, 0.2) is 0 Å². The van der Waals surface area contributed by atoms with Gasteiger partial charge in [-0.1, -0.05) is 0 Å². The monoisotopic (exact) mass is 129 g/mol. The van der Waals surface area contributed by atoms with E-state index in [4.69, 9.17) is 0 Å². The molecule has 0 fully saturated rings. The molecule has 7 heteroatoms. The van der Waals surface area contributed by atoms with Crippen molar-refractivity contribution in [2.24, 2.45) is 16.5 Å². The van der Waals surface area contributed by atoms with E-state index in [0.717, 1.165) is 0 Å². The zero-order valence-electron chi connectivity index (χ0n) is 4.00. The quantitative estimate of drug-likeness (QED) is 0.271. The van der Waals surface area contributed by atoms with Gasteiger partial charge in [0.2, 0.25) is 0 Å². The number of hydrogen-bond acceptors (Lipinski definition) is 3. The molecular weight excluding hydrogens is 117 g/mol.